The molecule has 5 nitrogen and oxygen atoms in total. The first kappa shape index (κ1) is 14.7. The lowest BCUT2D eigenvalue weighted by Crippen LogP contribution is -2.41. The largest absolute Gasteiger partial charge is 0.378 e. The van der Waals surface area contributed by atoms with Gasteiger partial charge < -0.3 is 13.9 Å². The maximum atomic E-state index is 6.17. The highest BCUT2D eigenvalue weighted by atomic mass is 16.6. The van der Waals surface area contributed by atoms with E-state index in [4.69, 9.17) is 9.47 Å². The number of likely N-dealkylation sites (tertiary alicyclic amines) is 1. The maximum Gasteiger partial charge on any atom is 0.127 e. The Labute approximate surface area is 147 Å². The van der Waals surface area contributed by atoms with E-state index < -0.39 is 0 Å². The molecule has 2 atom stereocenters. The molecule has 2 saturated carbocycles. The molecule has 5 heterocycles. The zero-order chi connectivity index (χ0) is 16.5. The quantitative estimate of drug-likeness (QED) is 0.810. The van der Waals surface area contributed by atoms with Gasteiger partial charge in [-0.25, -0.2) is 4.98 Å². The van der Waals surface area contributed by atoms with E-state index in [1.54, 1.807) is 0 Å². The molecule has 2 aromatic heterocycles. The SMILES string of the molecule is c1ccn2c(CN3CC4CC4(COCC45CC(CO4)C5)C3)ncc2c1. The zero-order valence-corrected chi connectivity index (χ0v) is 14.6. The van der Waals surface area contributed by atoms with E-state index in [1.165, 1.54) is 31.3 Å². The van der Waals surface area contributed by atoms with Crippen LogP contribution < -0.4 is 0 Å². The highest BCUT2D eigenvalue weighted by Gasteiger charge is 2.60. The van der Waals surface area contributed by atoms with Gasteiger partial charge >= 0.3 is 0 Å². The van der Waals surface area contributed by atoms with Crippen LogP contribution in [0.1, 0.15) is 25.1 Å². The van der Waals surface area contributed by atoms with Crippen molar-refractivity contribution in [3.63, 3.8) is 0 Å². The third kappa shape index (κ3) is 2.29. The molecule has 5 heteroatoms. The smallest absolute Gasteiger partial charge is 0.127 e. The standard InChI is InChI=1S/C20H25N3O2/c1-2-4-23-17(3-1)8-21-18(23)10-22-9-16-7-19(16,12-22)13-24-14-20-5-15(6-20)11-25-20/h1-4,8,15-16H,5-7,9-14H2. The van der Waals surface area contributed by atoms with Crippen molar-refractivity contribution in [1.29, 1.82) is 0 Å². The lowest BCUT2D eigenvalue weighted by atomic mass is 9.75. The number of nitrogens with zero attached hydrogens (tertiary/aromatic N) is 3. The average molecular weight is 339 g/mol. The number of ether oxygens (including phenoxy) is 2. The Morgan fingerprint density at radius 3 is 3.08 bits per heavy atom. The molecule has 2 unspecified atom stereocenters. The predicted molar refractivity (Wildman–Crippen MR) is 93.2 cm³/mol. The Bertz CT molecular complexity index is 807. The number of rotatable bonds is 6. The Kier molecular flexibility index (Phi) is 2.98. The minimum Gasteiger partial charge on any atom is -0.378 e. The van der Waals surface area contributed by atoms with Crippen molar-refractivity contribution in [2.45, 2.75) is 31.4 Å². The zero-order valence-electron chi connectivity index (χ0n) is 14.6. The van der Waals surface area contributed by atoms with Crippen molar-refractivity contribution < 1.29 is 9.47 Å². The Morgan fingerprint density at radius 1 is 1.24 bits per heavy atom. The topological polar surface area (TPSA) is 39.0 Å². The summed E-state index contributed by atoms with van der Waals surface area (Å²) >= 11 is 0. The molecule has 3 saturated heterocycles. The van der Waals surface area contributed by atoms with E-state index in [2.05, 4.69) is 38.7 Å². The molecule has 2 bridgehead atoms. The van der Waals surface area contributed by atoms with E-state index >= 15 is 0 Å². The third-order valence-corrected chi connectivity index (χ3v) is 6.96. The summed E-state index contributed by atoms with van der Waals surface area (Å²) in [5.74, 6) is 2.78. The molecule has 0 aromatic carbocycles. The van der Waals surface area contributed by atoms with Gasteiger partial charge in [0.25, 0.3) is 0 Å². The van der Waals surface area contributed by atoms with Crippen LogP contribution in [-0.2, 0) is 16.0 Å². The molecule has 132 valence electrons. The summed E-state index contributed by atoms with van der Waals surface area (Å²) in [6, 6.07) is 6.25. The van der Waals surface area contributed by atoms with Crippen LogP contribution in [0.4, 0.5) is 0 Å². The first-order valence-electron chi connectivity index (χ1n) is 9.59. The molecular formula is C20H25N3O2. The molecule has 5 fully saturated rings. The maximum absolute atomic E-state index is 6.17. The summed E-state index contributed by atoms with van der Waals surface area (Å²) in [6.45, 7) is 5.95. The summed E-state index contributed by atoms with van der Waals surface area (Å²) in [5.41, 5.74) is 1.68. The number of hydrogen-bond acceptors (Lipinski definition) is 4. The summed E-state index contributed by atoms with van der Waals surface area (Å²) in [5, 5.41) is 0. The monoisotopic (exact) mass is 339 g/mol. The minimum atomic E-state index is 0.0960. The summed E-state index contributed by atoms with van der Waals surface area (Å²) in [7, 11) is 0. The Balaban J connectivity index is 1.07. The lowest BCUT2D eigenvalue weighted by Gasteiger charge is -2.35. The van der Waals surface area contributed by atoms with Gasteiger partial charge in [-0.05, 0) is 43.2 Å². The van der Waals surface area contributed by atoms with E-state index in [-0.39, 0.29) is 5.60 Å². The van der Waals surface area contributed by atoms with Gasteiger partial charge in [-0.2, -0.15) is 0 Å². The first-order chi connectivity index (χ1) is 12.2. The third-order valence-electron chi connectivity index (χ3n) is 6.96. The highest BCUT2D eigenvalue weighted by molar-refractivity contribution is 5.45. The molecule has 0 spiro atoms. The number of pyridine rings is 1. The molecular weight excluding hydrogens is 314 g/mol. The summed E-state index contributed by atoms with van der Waals surface area (Å²) < 4.78 is 14.3. The van der Waals surface area contributed by atoms with E-state index in [1.807, 2.05) is 6.20 Å². The van der Waals surface area contributed by atoms with Gasteiger partial charge in [0.15, 0.2) is 0 Å². The second-order valence-corrected chi connectivity index (χ2v) is 8.86. The fraction of sp³-hybridized carbons (Fsp3) is 0.650. The van der Waals surface area contributed by atoms with Crippen molar-refractivity contribution in [3.05, 3.63) is 36.4 Å². The number of piperidine rings is 1. The molecule has 0 N–H and O–H groups in total. The molecule has 25 heavy (non-hydrogen) atoms. The van der Waals surface area contributed by atoms with Crippen molar-refractivity contribution >= 4 is 5.52 Å². The van der Waals surface area contributed by atoms with Gasteiger partial charge in [-0.15, -0.1) is 0 Å². The van der Waals surface area contributed by atoms with Gasteiger partial charge in [0.05, 0.1) is 43.7 Å². The Morgan fingerprint density at radius 2 is 2.20 bits per heavy atom. The highest BCUT2D eigenvalue weighted by Crippen LogP contribution is 2.58. The van der Waals surface area contributed by atoms with E-state index in [9.17, 15) is 0 Å². The minimum absolute atomic E-state index is 0.0960. The molecule has 0 radical (unpaired) electrons. The van der Waals surface area contributed by atoms with Crippen LogP contribution in [0.15, 0.2) is 30.6 Å². The molecule has 2 aliphatic carbocycles. The molecule has 5 aliphatic rings. The van der Waals surface area contributed by atoms with Crippen LogP contribution in [0.3, 0.4) is 0 Å². The lowest BCUT2D eigenvalue weighted by molar-refractivity contribution is -0.0786. The molecule has 3 aliphatic heterocycles. The van der Waals surface area contributed by atoms with Crippen LogP contribution in [-0.4, -0.2) is 52.8 Å². The average Bonchev–Trinajstić information content (AvgIpc) is 3.08. The van der Waals surface area contributed by atoms with Crippen molar-refractivity contribution in [1.82, 2.24) is 14.3 Å². The van der Waals surface area contributed by atoms with Gasteiger partial charge in [-0.3, -0.25) is 4.90 Å². The predicted octanol–water partition coefficient (Wildman–Crippen LogP) is 2.35. The number of hydrogen-bond donors (Lipinski definition) is 0. The fourth-order valence-corrected chi connectivity index (χ4v) is 5.49. The van der Waals surface area contributed by atoms with Crippen molar-refractivity contribution in [3.8, 4) is 0 Å². The molecule has 2 aromatic rings. The van der Waals surface area contributed by atoms with Gasteiger partial charge in [0.2, 0.25) is 0 Å². The first-order valence-corrected chi connectivity index (χ1v) is 9.59. The van der Waals surface area contributed by atoms with Gasteiger partial charge in [0, 0.05) is 24.7 Å². The number of fused-ring (bicyclic) bond motifs is 3. The van der Waals surface area contributed by atoms with Crippen LogP contribution in [0.2, 0.25) is 0 Å². The van der Waals surface area contributed by atoms with Crippen LogP contribution in [0.5, 0.6) is 0 Å². The van der Waals surface area contributed by atoms with Gasteiger partial charge in [-0.1, -0.05) is 6.07 Å². The second-order valence-electron chi connectivity index (χ2n) is 8.86. The molecule has 0 amide bonds. The number of imidazole rings is 1. The second kappa shape index (κ2) is 5.06. The Hall–Kier alpha value is -1.43. The van der Waals surface area contributed by atoms with E-state index in [0.29, 0.717) is 5.41 Å². The van der Waals surface area contributed by atoms with Crippen LogP contribution >= 0.6 is 0 Å². The van der Waals surface area contributed by atoms with Crippen molar-refractivity contribution in [2.75, 3.05) is 32.9 Å². The van der Waals surface area contributed by atoms with Gasteiger partial charge in [0.1, 0.15) is 5.82 Å². The van der Waals surface area contributed by atoms with Crippen LogP contribution in [0.25, 0.3) is 5.52 Å². The molecule has 7 rings (SSSR count). The normalized spacial score (nSPS) is 38.9. The number of aromatic nitrogens is 2. The van der Waals surface area contributed by atoms with Crippen molar-refractivity contribution in [2.24, 2.45) is 17.3 Å². The van der Waals surface area contributed by atoms with Crippen LogP contribution in [0, 0.1) is 17.3 Å². The van der Waals surface area contributed by atoms with E-state index in [0.717, 1.165) is 50.6 Å². The summed E-state index contributed by atoms with van der Waals surface area (Å²) in [6.07, 6.45) is 7.87. The fourth-order valence-electron chi connectivity index (χ4n) is 5.49. The summed E-state index contributed by atoms with van der Waals surface area (Å²) in [4.78, 5) is 7.18.